The molecule has 0 aliphatic carbocycles. The third kappa shape index (κ3) is 7.90. The lowest BCUT2D eigenvalue weighted by Gasteiger charge is -2.16. The van der Waals surface area contributed by atoms with E-state index in [1.165, 1.54) is 20.0 Å². The molecule has 1 heterocycles. The van der Waals surface area contributed by atoms with Gasteiger partial charge in [-0.3, -0.25) is 9.59 Å². The standard InChI is InChI=1S/C23H31N3O5/c1-14(2)13-30-18-9-16(10-19(11-18)31-15(3)4)21(27)26-20-8-7-17(12-24-20)25-22(28)23(5,6)29/h7-12,14-15,29H,13H2,1-6H3,(H,25,28)(H,24,26,27). The second-order valence-corrected chi connectivity index (χ2v) is 8.46. The van der Waals surface area contributed by atoms with E-state index in [1.807, 2.05) is 27.7 Å². The maximum Gasteiger partial charge on any atom is 0.257 e. The van der Waals surface area contributed by atoms with Gasteiger partial charge in [0, 0.05) is 11.6 Å². The van der Waals surface area contributed by atoms with Gasteiger partial charge in [0.15, 0.2) is 0 Å². The second-order valence-electron chi connectivity index (χ2n) is 8.46. The van der Waals surface area contributed by atoms with Gasteiger partial charge in [0.25, 0.3) is 11.8 Å². The van der Waals surface area contributed by atoms with E-state index in [0.29, 0.717) is 41.1 Å². The van der Waals surface area contributed by atoms with Gasteiger partial charge in [0.1, 0.15) is 22.9 Å². The van der Waals surface area contributed by atoms with Crippen molar-refractivity contribution in [2.45, 2.75) is 53.2 Å². The smallest absolute Gasteiger partial charge is 0.257 e. The van der Waals surface area contributed by atoms with Gasteiger partial charge in [-0.25, -0.2) is 4.98 Å². The highest BCUT2D eigenvalue weighted by Gasteiger charge is 2.23. The average Bonchev–Trinajstić information content (AvgIpc) is 2.66. The first-order valence-electron chi connectivity index (χ1n) is 10.2. The zero-order valence-corrected chi connectivity index (χ0v) is 18.9. The fraction of sp³-hybridized carbons (Fsp3) is 0.435. The van der Waals surface area contributed by atoms with E-state index in [1.54, 1.807) is 30.3 Å². The van der Waals surface area contributed by atoms with E-state index < -0.39 is 11.5 Å². The number of aliphatic hydroxyl groups is 1. The number of pyridine rings is 1. The fourth-order valence-electron chi connectivity index (χ4n) is 2.40. The molecule has 1 aromatic heterocycles. The number of rotatable bonds is 9. The number of hydrogen-bond acceptors (Lipinski definition) is 6. The minimum atomic E-state index is -1.51. The molecule has 2 aromatic rings. The normalized spacial score (nSPS) is 11.4. The molecule has 0 unspecified atom stereocenters. The molecule has 31 heavy (non-hydrogen) atoms. The van der Waals surface area contributed by atoms with E-state index in [0.717, 1.165) is 0 Å². The Labute approximate surface area is 183 Å². The Morgan fingerprint density at radius 2 is 1.74 bits per heavy atom. The van der Waals surface area contributed by atoms with Crippen LogP contribution in [0, 0.1) is 5.92 Å². The van der Waals surface area contributed by atoms with Crippen molar-refractivity contribution < 1.29 is 24.2 Å². The van der Waals surface area contributed by atoms with E-state index in [4.69, 9.17) is 9.47 Å². The third-order valence-electron chi connectivity index (χ3n) is 3.92. The van der Waals surface area contributed by atoms with Crippen molar-refractivity contribution in [2.75, 3.05) is 17.2 Å². The minimum absolute atomic E-state index is 0.0513. The van der Waals surface area contributed by atoms with Gasteiger partial charge in [0.05, 0.1) is 24.6 Å². The SMILES string of the molecule is CC(C)COc1cc(OC(C)C)cc(C(=O)Nc2ccc(NC(=O)C(C)(C)O)cn2)c1. The Morgan fingerprint density at radius 1 is 1.06 bits per heavy atom. The largest absolute Gasteiger partial charge is 0.493 e. The van der Waals surface area contributed by atoms with Crippen LogP contribution in [0.1, 0.15) is 51.9 Å². The molecule has 0 bridgehead atoms. The first kappa shape index (κ1) is 24.1. The number of ether oxygens (including phenoxy) is 2. The molecule has 168 valence electrons. The molecular weight excluding hydrogens is 398 g/mol. The van der Waals surface area contributed by atoms with Crippen LogP contribution in [-0.4, -0.2) is 40.2 Å². The maximum atomic E-state index is 12.8. The average molecular weight is 430 g/mol. The first-order chi connectivity index (χ1) is 14.4. The van der Waals surface area contributed by atoms with Crippen molar-refractivity contribution >= 4 is 23.3 Å². The first-order valence-corrected chi connectivity index (χ1v) is 10.2. The quantitative estimate of drug-likeness (QED) is 0.558. The summed E-state index contributed by atoms with van der Waals surface area (Å²) < 4.78 is 11.5. The highest BCUT2D eigenvalue weighted by Crippen LogP contribution is 2.25. The molecular formula is C23H31N3O5. The van der Waals surface area contributed by atoms with Gasteiger partial charge in [0.2, 0.25) is 0 Å². The fourth-order valence-corrected chi connectivity index (χ4v) is 2.40. The molecule has 0 radical (unpaired) electrons. The Balaban J connectivity index is 2.14. The van der Waals surface area contributed by atoms with Gasteiger partial charge in [-0.1, -0.05) is 13.8 Å². The summed E-state index contributed by atoms with van der Waals surface area (Å²) in [7, 11) is 0. The highest BCUT2D eigenvalue weighted by atomic mass is 16.5. The van der Waals surface area contributed by atoms with Crippen molar-refractivity contribution in [2.24, 2.45) is 5.92 Å². The van der Waals surface area contributed by atoms with E-state index in [-0.39, 0.29) is 12.0 Å². The summed E-state index contributed by atoms with van der Waals surface area (Å²) in [6.45, 7) is 11.2. The van der Waals surface area contributed by atoms with Crippen molar-refractivity contribution in [1.82, 2.24) is 4.98 Å². The zero-order valence-electron chi connectivity index (χ0n) is 18.9. The van der Waals surface area contributed by atoms with Crippen LogP contribution in [0.25, 0.3) is 0 Å². The molecule has 0 saturated carbocycles. The number of nitrogens with zero attached hydrogens (tertiary/aromatic N) is 1. The van der Waals surface area contributed by atoms with Crippen LogP contribution in [0.15, 0.2) is 36.5 Å². The van der Waals surface area contributed by atoms with Crippen LogP contribution in [0.2, 0.25) is 0 Å². The highest BCUT2D eigenvalue weighted by molar-refractivity contribution is 6.04. The number of nitrogens with one attached hydrogen (secondary N) is 2. The van der Waals surface area contributed by atoms with Crippen LogP contribution in [0.4, 0.5) is 11.5 Å². The number of anilines is 2. The summed E-state index contributed by atoms with van der Waals surface area (Å²) in [4.78, 5) is 28.7. The predicted molar refractivity (Wildman–Crippen MR) is 120 cm³/mol. The Bertz CT molecular complexity index is 902. The molecule has 0 aliphatic heterocycles. The van der Waals surface area contributed by atoms with Crippen LogP contribution >= 0.6 is 0 Å². The lowest BCUT2D eigenvalue weighted by Crippen LogP contribution is -2.36. The summed E-state index contributed by atoms with van der Waals surface area (Å²) in [5, 5.41) is 15.0. The monoisotopic (exact) mass is 429 g/mol. The Morgan fingerprint density at radius 3 is 2.29 bits per heavy atom. The van der Waals surface area contributed by atoms with Crippen LogP contribution in [0.3, 0.4) is 0 Å². The molecule has 1 aromatic carbocycles. The minimum Gasteiger partial charge on any atom is -0.493 e. The van der Waals surface area contributed by atoms with E-state index >= 15 is 0 Å². The van der Waals surface area contributed by atoms with E-state index in [9.17, 15) is 14.7 Å². The summed E-state index contributed by atoms with van der Waals surface area (Å²) in [6.07, 6.45) is 1.35. The van der Waals surface area contributed by atoms with Crippen molar-refractivity contribution in [3.63, 3.8) is 0 Å². The van der Waals surface area contributed by atoms with Crippen LogP contribution in [-0.2, 0) is 4.79 Å². The zero-order chi connectivity index (χ0) is 23.2. The lowest BCUT2D eigenvalue weighted by atomic mass is 10.1. The predicted octanol–water partition coefficient (Wildman–Crippen LogP) is 3.87. The maximum absolute atomic E-state index is 12.8. The third-order valence-corrected chi connectivity index (χ3v) is 3.92. The van der Waals surface area contributed by atoms with Gasteiger partial charge in [-0.15, -0.1) is 0 Å². The molecule has 0 spiro atoms. The summed E-state index contributed by atoms with van der Waals surface area (Å²) in [5.74, 6) is 0.817. The molecule has 2 amide bonds. The topological polar surface area (TPSA) is 110 Å². The summed E-state index contributed by atoms with van der Waals surface area (Å²) >= 11 is 0. The molecule has 8 heteroatoms. The second kappa shape index (κ2) is 10.3. The van der Waals surface area contributed by atoms with Crippen LogP contribution in [0.5, 0.6) is 11.5 Å². The molecule has 0 aliphatic rings. The van der Waals surface area contributed by atoms with Crippen molar-refractivity contribution in [3.05, 3.63) is 42.1 Å². The molecule has 0 atom stereocenters. The number of carbonyl (C=O) groups is 2. The number of amides is 2. The number of hydrogen-bond donors (Lipinski definition) is 3. The van der Waals surface area contributed by atoms with Gasteiger partial charge < -0.3 is 25.2 Å². The molecule has 2 rings (SSSR count). The van der Waals surface area contributed by atoms with Gasteiger partial charge in [-0.2, -0.15) is 0 Å². The number of benzene rings is 1. The van der Waals surface area contributed by atoms with Crippen LogP contribution < -0.4 is 20.1 Å². The van der Waals surface area contributed by atoms with Crippen molar-refractivity contribution in [3.8, 4) is 11.5 Å². The lowest BCUT2D eigenvalue weighted by molar-refractivity contribution is -0.130. The number of carbonyl (C=O) groups excluding carboxylic acids is 2. The number of aromatic nitrogens is 1. The summed E-state index contributed by atoms with van der Waals surface area (Å²) in [5.41, 5.74) is -0.731. The Hall–Kier alpha value is -3.13. The molecule has 3 N–H and O–H groups in total. The van der Waals surface area contributed by atoms with Crippen molar-refractivity contribution in [1.29, 1.82) is 0 Å². The molecule has 8 nitrogen and oxygen atoms in total. The molecule has 0 saturated heterocycles. The summed E-state index contributed by atoms with van der Waals surface area (Å²) in [6, 6.07) is 8.21. The van der Waals surface area contributed by atoms with E-state index in [2.05, 4.69) is 15.6 Å². The molecule has 0 fully saturated rings. The van der Waals surface area contributed by atoms with Gasteiger partial charge >= 0.3 is 0 Å². The van der Waals surface area contributed by atoms with Gasteiger partial charge in [-0.05, 0) is 57.9 Å². The Kier molecular flexibility index (Phi) is 7.99.